The molecule has 1 aromatic heterocycles. The molecule has 0 radical (unpaired) electrons. The fraction of sp³-hybridized carbons (Fsp3) is 0.324. The van der Waals surface area contributed by atoms with Gasteiger partial charge < -0.3 is 9.47 Å². The first kappa shape index (κ1) is 31.7. The molecule has 0 fully saturated rings. The maximum Gasteiger partial charge on any atom is 0.356 e. The van der Waals surface area contributed by atoms with Crippen LogP contribution in [-0.2, 0) is 9.47 Å². The lowest BCUT2D eigenvalue weighted by molar-refractivity contribution is 0.0586. The van der Waals surface area contributed by atoms with E-state index in [2.05, 4.69) is 98.5 Å². The van der Waals surface area contributed by atoms with E-state index in [0.717, 1.165) is 22.3 Å². The maximum atomic E-state index is 12.6. The first-order valence-corrected chi connectivity index (χ1v) is 14.7. The smallest absolute Gasteiger partial charge is 0.356 e. The number of nitrogens with zero attached hydrogens (tertiary/aromatic N) is 1. The highest BCUT2D eigenvalue weighted by atomic mass is 16.5. The topological polar surface area (TPSA) is 65.5 Å². The summed E-state index contributed by atoms with van der Waals surface area (Å²) in [4.78, 5) is 29.4. The van der Waals surface area contributed by atoms with Gasteiger partial charge in [-0.3, -0.25) is 0 Å². The Morgan fingerprint density at radius 3 is 1.21 bits per heavy atom. The van der Waals surface area contributed by atoms with Crippen LogP contribution in [0.4, 0.5) is 0 Å². The Morgan fingerprint density at radius 1 is 0.535 bits per heavy atom. The van der Waals surface area contributed by atoms with E-state index in [1.54, 1.807) is 12.1 Å². The van der Waals surface area contributed by atoms with Crippen molar-refractivity contribution in [2.75, 3.05) is 14.2 Å². The molecule has 4 aromatic rings. The van der Waals surface area contributed by atoms with Crippen LogP contribution in [0.5, 0.6) is 0 Å². The van der Waals surface area contributed by atoms with Gasteiger partial charge in [-0.1, -0.05) is 85.2 Å². The number of benzene rings is 3. The maximum absolute atomic E-state index is 12.6. The van der Waals surface area contributed by atoms with E-state index in [1.165, 1.54) is 75.1 Å². The number of ether oxygens (including phenoxy) is 2. The molecule has 0 saturated carbocycles. The molecule has 0 aliphatic heterocycles. The summed E-state index contributed by atoms with van der Waals surface area (Å²) < 4.78 is 9.92. The second kappa shape index (κ2) is 12.2. The number of hydrogen-bond donors (Lipinski definition) is 0. The van der Waals surface area contributed by atoms with Crippen LogP contribution in [0.1, 0.15) is 76.6 Å². The van der Waals surface area contributed by atoms with Crippen molar-refractivity contribution in [1.29, 1.82) is 0 Å². The Labute approximate surface area is 256 Å². The summed E-state index contributed by atoms with van der Waals surface area (Å²) in [7, 11) is 2.61. The lowest BCUT2D eigenvalue weighted by atomic mass is 9.32. The van der Waals surface area contributed by atoms with Gasteiger partial charge in [-0.05, 0) is 104 Å². The summed E-state index contributed by atoms with van der Waals surface area (Å²) >= 11 is 0. The Bertz CT molecular complexity index is 1620. The van der Waals surface area contributed by atoms with Crippen LogP contribution in [0.15, 0.2) is 36.4 Å². The SMILES string of the molecule is COC(=O)c1cc(-c2c(C)c(C)c(B(c3c(C)cc(C)cc3C)c3c(C)cc(C)cc3C)c(C)c2C)cc(C(=O)OC)n1. The van der Waals surface area contributed by atoms with Gasteiger partial charge in [0.05, 0.1) is 14.2 Å². The fourth-order valence-electron chi connectivity index (χ4n) is 7.03. The summed E-state index contributed by atoms with van der Waals surface area (Å²) in [5.74, 6) is -1.22. The van der Waals surface area contributed by atoms with Gasteiger partial charge in [0.2, 0.25) is 6.71 Å². The monoisotopic (exact) mass is 575 g/mol. The molecule has 3 aromatic carbocycles. The molecule has 1 heterocycles. The standard InChI is InChI=1S/C37H42BNO4/c1-19-13-21(3)33(22(4)14-19)38(34-23(5)15-20(2)16-24(34)6)35-27(9)25(7)32(26(8)28(35)10)29-17-30(36(40)42-11)39-31(18-29)37(41)43-12/h13-18H,1-12H3. The van der Waals surface area contributed by atoms with Gasteiger partial charge in [0, 0.05) is 0 Å². The second-order valence-electron chi connectivity index (χ2n) is 12.0. The van der Waals surface area contributed by atoms with E-state index >= 15 is 0 Å². The highest BCUT2D eigenvalue weighted by molar-refractivity contribution is 6.97. The number of aromatic nitrogens is 1. The number of esters is 2. The van der Waals surface area contributed by atoms with Crippen LogP contribution >= 0.6 is 0 Å². The summed E-state index contributed by atoms with van der Waals surface area (Å²) in [6, 6.07) is 12.5. The van der Waals surface area contributed by atoms with Gasteiger partial charge in [0.15, 0.2) is 0 Å². The van der Waals surface area contributed by atoms with Gasteiger partial charge in [0.25, 0.3) is 0 Å². The van der Waals surface area contributed by atoms with Crippen molar-refractivity contribution >= 4 is 35.0 Å². The lowest BCUT2D eigenvalue weighted by Gasteiger charge is -2.30. The average Bonchev–Trinajstić information content (AvgIpc) is 2.94. The van der Waals surface area contributed by atoms with E-state index in [-0.39, 0.29) is 18.1 Å². The summed E-state index contributed by atoms with van der Waals surface area (Å²) in [6.45, 7) is 21.8. The van der Waals surface area contributed by atoms with Gasteiger partial charge in [0.1, 0.15) is 11.4 Å². The number of methoxy groups -OCH3 is 2. The molecule has 4 rings (SSSR count). The minimum absolute atomic E-state index is 0.0290. The molecule has 0 saturated heterocycles. The molecule has 0 atom stereocenters. The molecule has 43 heavy (non-hydrogen) atoms. The first-order valence-electron chi connectivity index (χ1n) is 14.7. The van der Waals surface area contributed by atoms with Crippen molar-refractivity contribution in [3.8, 4) is 11.1 Å². The Kier molecular flexibility index (Phi) is 9.01. The highest BCUT2D eigenvalue weighted by Gasteiger charge is 2.33. The largest absolute Gasteiger partial charge is 0.464 e. The van der Waals surface area contributed by atoms with E-state index in [9.17, 15) is 9.59 Å². The Hall–Kier alpha value is -4.19. The van der Waals surface area contributed by atoms with Gasteiger partial charge in [-0.25, -0.2) is 14.6 Å². The van der Waals surface area contributed by atoms with E-state index in [0.29, 0.717) is 0 Å². The molecule has 0 N–H and O–H groups in total. The number of carbonyl (C=O) groups is 2. The summed E-state index contributed by atoms with van der Waals surface area (Å²) in [6.07, 6.45) is 0. The van der Waals surface area contributed by atoms with Crippen LogP contribution in [0.3, 0.4) is 0 Å². The molecular weight excluding hydrogens is 533 g/mol. The number of aryl methyl sites for hydroxylation is 6. The quantitative estimate of drug-likeness (QED) is 0.211. The number of hydrogen-bond acceptors (Lipinski definition) is 5. The molecule has 0 aliphatic rings. The Balaban J connectivity index is 2.12. The zero-order valence-corrected chi connectivity index (χ0v) is 27.6. The van der Waals surface area contributed by atoms with Crippen molar-refractivity contribution in [1.82, 2.24) is 4.98 Å². The summed E-state index contributed by atoms with van der Waals surface area (Å²) in [5.41, 5.74) is 18.0. The number of carbonyl (C=O) groups excluding carboxylic acids is 2. The Morgan fingerprint density at radius 2 is 0.884 bits per heavy atom. The second-order valence-corrected chi connectivity index (χ2v) is 12.0. The third-order valence-corrected chi connectivity index (χ3v) is 8.93. The molecule has 0 amide bonds. The molecule has 0 unspecified atom stereocenters. The average molecular weight is 576 g/mol. The third kappa shape index (κ3) is 5.75. The minimum atomic E-state index is -0.608. The lowest BCUT2D eigenvalue weighted by Crippen LogP contribution is -2.57. The van der Waals surface area contributed by atoms with Crippen LogP contribution in [0.25, 0.3) is 11.1 Å². The van der Waals surface area contributed by atoms with Gasteiger partial charge >= 0.3 is 11.9 Å². The molecule has 0 bridgehead atoms. The normalized spacial score (nSPS) is 11.0. The molecule has 0 spiro atoms. The number of rotatable bonds is 6. The third-order valence-electron chi connectivity index (χ3n) is 8.93. The zero-order valence-electron chi connectivity index (χ0n) is 27.6. The van der Waals surface area contributed by atoms with Crippen molar-refractivity contribution in [2.24, 2.45) is 0 Å². The molecule has 6 heteroatoms. The van der Waals surface area contributed by atoms with Crippen molar-refractivity contribution in [3.63, 3.8) is 0 Å². The fourth-order valence-corrected chi connectivity index (χ4v) is 7.03. The van der Waals surface area contributed by atoms with E-state index < -0.39 is 11.9 Å². The molecule has 222 valence electrons. The van der Waals surface area contributed by atoms with Crippen molar-refractivity contribution in [3.05, 3.63) is 103 Å². The summed E-state index contributed by atoms with van der Waals surface area (Å²) in [5, 5.41) is 0. The molecule has 5 nitrogen and oxygen atoms in total. The predicted molar refractivity (Wildman–Crippen MR) is 177 cm³/mol. The highest BCUT2D eigenvalue weighted by Crippen LogP contribution is 2.32. The van der Waals surface area contributed by atoms with Crippen LogP contribution in [0, 0.1) is 69.2 Å². The van der Waals surface area contributed by atoms with Crippen LogP contribution < -0.4 is 16.4 Å². The van der Waals surface area contributed by atoms with Crippen LogP contribution in [-0.4, -0.2) is 37.9 Å². The van der Waals surface area contributed by atoms with Crippen LogP contribution in [0.2, 0.25) is 0 Å². The minimum Gasteiger partial charge on any atom is -0.464 e. The molecular formula is C37H42BNO4. The molecule has 0 aliphatic carbocycles. The zero-order chi connectivity index (χ0) is 31.9. The van der Waals surface area contributed by atoms with Gasteiger partial charge in [-0.15, -0.1) is 0 Å². The number of pyridine rings is 1. The first-order chi connectivity index (χ1) is 20.2. The van der Waals surface area contributed by atoms with E-state index in [4.69, 9.17) is 9.47 Å². The van der Waals surface area contributed by atoms with E-state index in [1.807, 2.05) is 0 Å². The van der Waals surface area contributed by atoms with Crippen molar-refractivity contribution in [2.45, 2.75) is 69.2 Å². The predicted octanol–water partition coefficient (Wildman–Crippen LogP) is 5.92. The van der Waals surface area contributed by atoms with Crippen molar-refractivity contribution < 1.29 is 19.1 Å². The van der Waals surface area contributed by atoms with Gasteiger partial charge in [-0.2, -0.15) is 0 Å².